The van der Waals surface area contributed by atoms with Gasteiger partial charge in [-0.1, -0.05) is 0 Å². The normalized spacial score (nSPS) is 10.6. The number of hydrogen-bond acceptors (Lipinski definition) is 7. The number of halogens is 1. The lowest BCUT2D eigenvalue weighted by Gasteiger charge is -2.07. The highest BCUT2D eigenvalue weighted by Crippen LogP contribution is 1.87. The minimum absolute atomic E-state index is 0.0285. The third-order valence-corrected chi connectivity index (χ3v) is 2.49. The topological polar surface area (TPSA) is 92.3 Å². The van der Waals surface area contributed by atoms with E-state index >= 15 is 0 Å². The summed E-state index contributed by atoms with van der Waals surface area (Å²) >= 11 is 1.68. The molecule has 0 spiro atoms. The molecule has 9 heteroatoms. The molecule has 0 radical (unpaired) electrons. The fraction of sp³-hybridized carbons (Fsp3) is 0.846. The Labute approximate surface area is 144 Å². The molecule has 0 fully saturated rings. The number of carbonyl (C=O) groups is 2. The summed E-state index contributed by atoms with van der Waals surface area (Å²) in [5.74, 6) is -0.161. The van der Waals surface area contributed by atoms with Crippen molar-refractivity contribution in [3.8, 4) is 0 Å². The summed E-state index contributed by atoms with van der Waals surface area (Å²) in [6.45, 7) is 3.75. The van der Waals surface area contributed by atoms with E-state index in [9.17, 15) is 9.59 Å². The van der Waals surface area contributed by atoms with Gasteiger partial charge in [-0.2, -0.15) is 0 Å². The predicted molar refractivity (Wildman–Crippen MR) is 87.2 cm³/mol. The van der Waals surface area contributed by atoms with E-state index < -0.39 is 0 Å². The van der Waals surface area contributed by atoms with Crippen molar-refractivity contribution in [2.75, 3.05) is 73.1 Å². The van der Waals surface area contributed by atoms with Crippen LogP contribution in [0.1, 0.15) is 0 Å². The summed E-state index contributed by atoms with van der Waals surface area (Å²) in [5, 5.41) is 2.64. The van der Waals surface area contributed by atoms with Gasteiger partial charge in [0.15, 0.2) is 0 Å². The van der Waals surface area contributed by atoms with E-state index in [-0.39, 0.29) is 22.9 Å². The van der Waals surface area contributed by atoms with E-state index in [1.807, 2.05) is 0 Å². The van der Waals surface area contributed by atoms with Crippen molar-refractivity contribution in [2.24, 2.45) is 0 Å². The first-order valence-corrected chi connectivity index (χ1v) is 7.99. The molecule has 0 aliphatic carbocycles. The Hall–Kier alpha value is -0.330. The fourth-order valence-electron chi connectivity index (χ4n) is 1.26. The van der Waals surface area contributed by atoms with Crippen LogP contribution in [0.25, 0.3) is 0 Å². The second-order valence-corrected chi connectivity index (χ2v) is 5.23. The van der Waals surface area contributed by atoms with E-state index in [1.165, 1.54) is 7.11 Å². The molecular weight excluding hydrogens is 409 g/mol. The summed E-state index contributed by atoms with van der Waals surface area (Å²) in [7, 11) is 1.47. The standard InChI is InChI=1S/C13H24INO7/c1-18-11-13(17)15-2-3-19-4-5-20-6-7-21-8-9-22-10-12(14)16/h2-11H2,1H3,(H,15,17). The maximum Gasteiger partial charge on any atom is 0.246 e. The zero-order valence-corrected chi connectivity index (χ0v) is 15.0. The van der Waals surface area contributed by atoms with Gasteiger partial charge < -0.3 is 29.0 Å². The highest BCUT2D eigenvalue weighted by Gasteiger charge is 1.98. The Bertz CT molecular complexity index is 292. The van der Waals surface area contributed by atoms with Crippen molar-refractivity contribution in [1.82, 2.24) is 5.32 Å². The number of carbonyl (C=O) groups excluding carboxylic acids is 2. The molecule has 0 saturated heterocycles. The summed E-state index contributed by atoms with van der Waals surface area (Å²) < 4.78 is 25.5. The van der Waals surface area contributed by atoms with Crippen LogP contribution in [-0.2, 0) is 33.3 Å². The fourth-order valence-corrected chi connectivity index (χ4v) is 1.48. The lowest BCUT2D eigenvalue weighted by Crippen LogP contribution is -2.30. The third kappa shape index (κ3) is 17.7. The van der Waals surface area contributed by atoms with Gasteiger partial charge in [-0.15, -0.1) is 0 Å². The van der Waals surface area contributed by atoms with Gasteiger partial charge >= 0.3 is 0 Å². The van der Waals surface area contributed by atoms with E-state index in [1.54, 1.807) is 22.6 Å². The Balaban J connectivity index is 3.05. The summed E-state index contributed by atoms with van der Waals surface area (Å²) in [6, 6.07) is 0. The maximum absolute atomic E-state index is 11.0. The van der Waals surface area contributed by atoms with Crippen molar-refractivity contribution < 1.29 is 33.3 Å². The van der Waals surface area contributed by atoms with Gasteiger partial charge in [-0.05, 0) is 0 Å². The molecule has 0 aromatic carbocycles. The number of nitrogens with one attached hydrogen (secondary N) is 1. The van der Waals surface area contributed by atoms with Gasteiger partial charge in [-0.25, -0.2) is 0 Å². The molecule has 0 aliphatic heterocycles. The van der Waals surface area contributed by atoms with Gasteiger partial charge in [0.2, 0.25) is 9.70 Å². The molecular formula is C13H24INO7. The first-order valence-electron chi connectivity index (χ1n) is 6.91. The monoisotopic (exact) mass is 433 g/mol. The highest BCUT2D eigenvalue weighted by atomic mass is 127. The molecule has 0 atom stereocenters. The van der Waals surface area contributed by atoms with Gasteiger partial charge in [0.25, 0.3) is 0 Å². The number of ether oxygens (including phenoxy) is 5. The molecule has 0 rings (SSSR count). The minimum Gasteiger partial charge on any atom is -0.377 e. The molecule has 8 nitrogen and oxygen atoms in total. The van der Waals surface area contributed by atoms with Crippen LogP contribution in [0.3, 0.4) is 0 Å². The number of rotatable bonds is 16. The molecule has 0 aliphatic rings. The molecule has 0 aromatic rings. The zero-order chi connectivity index (χ0) is 16.5. The van der Waals surface area contributed by atoms with E-state index in [2.05, 4.69) is 10.1 Å². The quantitative estimate of drug-likeness (QED) is 0.204. The first-order chi connectivity index (χ1) is 10.7. The lowest BCUT2D eigenvalue weighted by atomic mass is 10.6. The zero-order valence-electron chi connectivity index (χ0n) is 12.8. The highest BCUT2D eigenvalue weighted by molar-refractivity contribution is 14.1. The Morgan fingerprint density at radius 3 is 1.82 bits per heavy atom. The molecule has 0 saturated carbocycles. The van der Waals surface area contributed by atoms with E-state index in [0.29, 0.717) is 52.8 Å². The third-order valence-electron chi connectivity index (χ3n) is 2.18. The van der Waals surface area contributed by atoms with Crippen LogP contribution in [0.5, 0.6) is 0 Å². The van der Waals surface area contributed by atoms with Crippen molar-refractivity contribution >= 4 is 32.3 Å². The van der Waals surface area contributed by atoms with E-state index in [4.69, 9.17) is 18.9 Å². The minimum atomic E-state index is -0.161. The predicted octanol–water partition coefficient (Wildman–Crippen LogP) is -0.223. The largest absolute Gasteiger partial charge is 0.377 e. The number of amides is 1. The van der Waals surface area contributed by atoms with Crippen LogP contribution in [0.2, 0.25) is 0 Å². The van der Waals surface area contributed by atoms with Crippen LogP contribution in [0, 0.1) is 0 Å². The van der Waals surface area contributed by atoms with Crippen LogP contribution in [0.15, 0.2) is 0 Å². The van der Waals surface area contributed by atoms with Crippen LogP contribution < -0.4 is 5.32 Å². The Morgan fingerprint density at radius 2 is 1.32 bits per heavy atom. The second-order valence-electron chi connectivity index (χ2n) is 4.03. The number of methoxy groups -OCH3 is 1. The molecule has 0 unspecified atom stereocenters. The summed E-state index contributed by atoms with van der Waals surface area (Å²) in [6.07, 6.45) is 0. The van der Waals surface area contributed by atoms with Gasteiger partial charge in [0.1, 0.15) is 13.2 Å². The van der Waals surface area contributed by atoms with Crippen molar-refractivity contribution in [3.05, 3.63) is 0 Å². The lowest BCUT2D eigenvalue weighted by molar-refractivity contribution is -0.125. The van der Waals surface area contributed by atoms with Crippen molar-refractivity contribution in [2.45, 2.75) is 0 Å². The molecule has 0 bridgehead atoms. The average Bonchev–Trinajstić information content (AvgIpc) is 2.47. The molecule has 22 heavy (non-hydrogen) atoms. The summed E-state index contributed by atoms with van der Waals surface area (Å²) in [4.78, 5) is 21.6. The van der Waals surface area contributed by atoms with Gasteiger partial charge in [-0.3, -0.25) is 9.59 Å². The SMILES string of the molecule is COCC(=O)NCCOCCOCCOCCOCC(=O)I. The Morgan fingerprint density at radius 1 is 0.818 bits per heavy atom. The van der Waals surface area contributed by atoms with Crippen molar-refractivity contribution in [1.29, 1.82) is 0 Å². The Kier molecular flexibility index (Phi) is 16.8. The van der Waals surface area contributed by atoms with Crippen LogP contribution >= 0.6 is 22.6 Å². The van der Waals surface area contributed by atoms with Crippen LogP contribution in [0.4, 0.5) is 0 Å². The smallest absolute Gasteiger partial charge is 0.246 e. The first kappa shape index (κ1) is 21.7. The van der Waals surface area contributed by atoms with Gasteiger partial charge in [0, 0.05) is 36.2 Å². The molecule has 1 amide bonds. The average molecular weight is 433 g/mol. The molecule has 130 valence electrons. The van der Waals surface area contributed by atoms with Gasteiger partial charge in [0.05, 0.1) is 46.2 Å². The maximum atomic E-state index is 11.0. The van der Waals surface area contributed by atoms with E-state index in [0.717, 1.165) is 0 Å². The van der Waals surface area contributed by atoms with Crippen molar-refractivity contribution in [3.63, 3.8) is 0 Å². The number of hydrogen-bond donors (Lipinski definition) is 1. The second kappa shape index (κ2) is 17.0. The molecule has 0 aromatic heterocycles. The van der Waals surface area contributed by atoms with Crippen LogP contribution in [-0.4, -0.2) is 82.8 Å². The molecule has 0 heterocycles. The summed E-state index contributed by atoms with van der Waals surface area (Å²) in [5.41, 5.74) is 0. The molecule has 1 N–H and O–H groups in total.